The second-order valence-corrected chi connectivity index (χ2v) is 11.5. The third-order valence-electron chi connectivity index (χ3n) is 6.96. The molecule has 5 rings (SSSR count). The Bertz CT molecular complexity index is 1890. The van der Waals surface area contributed by atoms with E-state index in [-0.39, 0.29) is 22.9 Å². The number of hydrogen-bond acceptors (Lipinski definition) is 6. The Balaban J connectivity index is 1.23. The van der Waals surface area contributed by atoms with Crippen molar-refractivity contribution in [2.75, 3.05) is 10.6 Å². The number of nitrogens with zero attached hydrogens (tertiary/aromatic N) is 2. The molecule has 3 amide bonds. The zero-order valence-corrected chi connectivity index (χ0v) is 25.6. The second-order valence-electron chi connectivity index (χ2n) is 10.1. The Hall–Kier alpha value is -5.55. The van der Waals surface area contributed by atoms with Gasteiger partial charge in [-0.1, -0.05) is 36.4 Å². The van der Waals surface area contributed by atoms with Gasteiger partial charge in [0.1, 0.15) is 17.1 Å². The van der Waals surface area contributed by atoms with Gasteiger partial charge in [0.05, 0.1) is 22.9 Å². The third kappa shape index (κ3) is 7.34. The molecule has 3 aromatic carbocycles. The van der Waals surface area contributed by atoms with Gasteiger partial charge in [-0.3, -0.25) is 23.9 Å². The molecular weight excluding hydrogens is 590 g/mol. The molecule has 10 nitrogen and oxygen atoms in total. The van der Waals surface area contributed by atoms with E-state index in [4.69, 9.17) is 4.42 Å². The zero-order valence-electron chi connectivity index (χ0n) is 24.8. The molecule has 0 saturated heterocycles. The minimum Gasteiger partial charge on any atom is -0.465 e. The lowest BCUT2D eigenvalue weighted by atomic mass is 10.2. The molecule has 0 radical (unpaired) electrons. The van der Waals surface area contributed by atoms with Crippen LogP contribution in [0.25, 0.3) is 11.8 Å². The summed E-state index contributed by atoms with van der Waals surface area (Å²) >= 11 is 1.31. The molecule has 1 atom stereocenters. The number of para-hydroxylation sites is 1. The van der Waals surface area contributed by atoms with E-state index in [9.17, 15) is 19.2 Å². The molecule has 0 aliphatic carbocycles. The molecular formula is C34H31N5O5S. The van der Waals surface area contributed by atoms with Crippen LogP contribution in [0.5, 0.6) is 0 Å². The first-order chi connectivity index (χ1) is 21.7. The maximum atomic E-state index is 13.2. The van der Waals surface area contributed by atoms with Crippen LogP contribution in [0.3, 0.4) is 0 Å². The summed E-state index contributed by atoms with van der Waals surface area (Å²) in [6.07, 6.45) is 2.92. The highest BCUT2D eigenvalue weighted by Gasteiger charge is 2.22. The number of carbonyl (C=O) groups excluding carboxylic acids is 3. The Morgan fingerprint density at radius 2 is 1.53 bits per heavy atom. The first-order valence-corrected chi connectivity index (χ1v) is 14.9. The fourth-order valence-corrected chi connectivity index (χ4v) is 5.34. The molecule has 0 aliphatic heterocycles. The highest BCUT2D eigenvalue weighted by molar-refractivity contribution is 8.00. The average Bonchev–Trinajstić information content (AvgIpc) is 3.64. The highest BCUT2D eigenvalue weighted by atomic mass is 32.2. The molecule has 0 saturated carbocycles. The van der Waals surface area contributed by atoms with Gasteiger partial charge in [-0.15, -0.1) is 11.8 Å². The van der Waals surface area contributed by atoms with Crippen molar-refractivity contribution in [2.24, 2.45) is 7.05 Å². The molecule has 2 heterocycles. The van der Waals surface area contributed by atoms with Crippen LogP contribution in [0.15, 0.2) is 123 Å². The number of nitrogens with one attached hydrogen (secondary N) is 3. The Labute approximate surface area is 263 Å². The van der Waals surface area contributed by atoms with Gasteiger partial charge in [0.25, 0.3) is 17.4 Å². The lowest BCUT2D eigenvalue weighted by Crippen LogP contribution is -2.30. The Morgan fingerprint density at radius 3 is 2.18 bits per heavy atom. The van der Waals surface area contributed by atoms with Crippen LogP contribution in [0.4, 0.5) is 11.4 Å². The van der Waals surface area contributed by atoms with Gasteiger partial charge in [0.2, 0.25) is 5.91 Å². The summed E-state index contributed by atoms with van der Waals surface area (Å²) in [6, 6.07) is 28.1. The average molecular weight is 622 g/mol. The van der Waals surface area contributed by atoms with Crippen LogP contribution in [0.1, 0.15) is 28.7 Å². The van der Waals surface area contributed by atoms with Crippen molar-refractivity contribution in [3.05, 3.63) is 136 Å². The largest absolute Gasteiger partial charge is 0.465 e. The molecule has 45 heavy (non-hydrogen) atoms. The highest BCUT2D eigenvalue weighted by Crippen LogP contribution is 2.26. The topological polar surface area (TPSA) is 127 Å². The summed E-state index contributed by atoms with van der Waals surface area (Å²) in [6.45, 7) is 3.54. The first-order valence-electron chi connectivity index (χ1n) is 14.1. The quantitative estimate of drug-likeness (QED) is 0.138. The van der Waals surface area contributed by atoms with E-state index in [0.29, 0.717) is 28.4 Å². The fourth-order valence-electron chi connectivity index (χ4n) is 4.47. The summed E-state index contributed by atoms with van der Waals surface area (Å²) in [7, 11) is 1.77. The molecule has 11 heteroatoms. The predicted molar refractivity (Wildman–Crippen MR) is 175 cm³/mol. The molecule has 0 bridgehead atoms. The minimum absolute atomic E-state index is 0.00470. The van der Waals surface area contributed by atoms with Crippen molar-refractivity contribution in [1.29, 1.82) is 0 Å². The normalized spacial score (nSPS) is 11.9. The molecule has 0 aliphatic rings. The van der Waals surface area contributed by atoms with E-state index in [2.05, 4.69) is 16.0 Å². The minimum atomic E-state index is -0.539. The van der Waals surface area contributed by atoms with Crippen LogP contribution < -0.4 is 21.5 Å². The van der Waals surface area contributed by atoms with Crippen LogP contribution in [0.2, 0.25) is 0 Å². The summed E-state index contributed by atoms with van der Waals surface area (Å²) in [5.41, 5.74) is 2.15. The number of aromatic nitrogens is 2. The molecule has 228 valence electrons. The van der Waals surface area contributed by atoms with E-state index in [1.807, 2.05) is 30.3 Å². The summed E-state index contributed by atoms with van der Waals surface area (Å²) < 4.78 is 8.56. The van der Waals surface area contributed by atoms with Crippen molar-refractivity contribution >= 4 is 46.9 Å². The molecule has 1 unspecified atom stereocenters. The van der Waals surface area contributed by atoms with E-state index in [1.54, 1.807) is 92.3 Å². The smallest absolute Gasteiger partial charge is 0.295 e. The van der Waals surface area contributed by atoms with E-state index >= 15 is 0 Å². The van der Waals surface area contributed by atoms with Gasteiger partial charge in [0, 0.05) is 29.3 Å². The van der Waals surface area contributed by atoms with Crippen LogP contribution >= 0.6 is 11.8 Å². The Morgan fingerprint density at radius 1 is 0.867 bits per heavy atom. The first kappa shape index (κ1) is 30.9. The number of furan rings is 1. The Kier molecular flexibility index (Phi) is 9.49. The number of thioether (sulfide) groups is 1. The fraction of sp³-hybridized carbons (Fsp3) is 0.118. The van der Waals surface area contributed by atoms with E-state index in [0.717, 1.165) is 4.90 Å². The van der Waals surface area contributed by atoms with Crippen LogP contribution in [-0.2, 0) is 16.6 Å². The van der Waals surface area contributed by atoms with Crippen molar-refractivity contribution < 1.29 is 18.8 Å². The maximum Gasteiger partial charge on any atom is 0.295 e. The third-order valence-corrected chi connectivity index (χ3v) is 8.07. The van der Waals surface area contributed by atoms with E-state index in [1.165, 1.54) is 28.8 Å². The zero-order chi connectivity index (χ0) is 31.9. The molecule has 3 N–H and O–H groups in total. The van der Waals surface area contributed by atoms with Gasteiger partial charge in [-0.2, -0.15) is 0 Å². The second kappa shape index (κ2) is 13.8. The monoisotopic (exact) mass is 621 g/mol. The number of benzene rings is 3. The number of carbonyl (C=O) groups is 3. The van der Waals surface area contributed by atoms with Crippen LogP contribution in [-0.4, -0.2) is 32.3 Å². The molecule has 5 aromatic rings. The standard InChI is InChI=1S/C34H31N5O5S/c1-22-30(34(43)39(38(22)3)26-13-8-5-9-14-26)37-31(40)23(2)45-28-18-16-25(17-19-28)35-33(42)29(21-27-15-10-20-44-27)36-32(41)24-11-6-4-7-12-24/h4-21,23H,1-3H3,(H,35,42)(H,36,41)(H,37,40)/b29-21-. The predicted octanol–water partition coefficient (Wildman–Crippen LogP) is 5.61. The van der Waals surface area contributed by atoms with E-state index < -0.39 is 17.1 Å². The summed E-state index contributed by atoms with van der Waals surface area (Å²) in [5, 5.41) is 7.73. The summed E-state index contributed by atoms with van der Waals surface area (Å²) in [5.74, 6) is -0.891. The molecule has 2 aromatic heterocycles. The SMILES string of the molecule is Cc1c(NC(=O)C(C)Sc2ccc(NC(=O)/C(=C/c3ccco3)NC(=O)c3ccccc3)cc2)c(=O)n(-c2ccccc2)n1C. The number of anilines is 2. The van der Waals surface area contributed by atoms with Crippen molar-refractivity contribution in [3.8, 4) is 5.69 Å². The summed E-state index contributed by atoms with van der Waals surface area (Å²) in [4.78, 5) is 53.0. The van der Waals surface area contributed by atoms with Crippen LogP contribution in [0, 0.1) is 6.92 Å². The molecule has 0 fully saturated rings. The lowest BCUT2D eigenvalue weighted by Gasteiger charge is -2.13. The number of hydrogen-bond donors (Lipinski definition) is 3. The van der Waals surface area contributed by atoms with Crippen molar-refractivity contribution in [2.45, 2.75) is 24.0 Å². The lowest BCUT2D eigenvalue weighted by molar-refractivity contribution is -0.115. The molecule has 0 spiro atoms. The number of amides is 3. The maximum absolute atomic E-state index is 13.2. The van der Waals surface area contributed by atoms with Gasteiger partial charge in [-0.05, 0) is 74.5 Å². The van der Waals surface area contributed by atoms with Gasteiger partial charge >= 0.3 is 0 Å². The van der Waals surface area contributed by atoms with Crippen molar-refractivity contribution in [3.63, 3.8) is 0 Å². The van der Waals surface area contributed by atoms with Crippen molar-refractivity contribution in [1.82, 2.24) is 14.7 Å². The van der Waals surface area contributed by atoms with Gasteiger partial charge in [0.15, 0.2) is 0 Å². The van der Waals surface area contributed by atoms with Gasteiger partial charge < -0.3 is 20.4 Å². The van der Waals surface area contributed by atoms with Gasteiger partial charge in [-0.25, -0.2) is 4.68 Å². The number of rotatable bonds is 10.